The highest BCUT2D eigenvalue weighted by Crippen LogP contribution is 2.43. The summed E-state index contributed by atoms with van der Waals surface area (Å²) in [5.41, 5.74) is 4.19. The van der Waals surface area contributed by atoms with Crippen molar-refractivity contribution in [3.05, 3.63) is 67.0 Å². The van der Waals surface area contributed by atoms with Gasteiger partial charge in [0.15, 0.2) is 5.65 Å². The molecule has 11 nitrogen and oxygen atoms in total. The van der Waals surface area contributed by atoms with Crippen molar-refractivity contribution in [1.29, 1.82) is 0 Å². The predicted octanol–water partition coefficient (Wildman–Crippen LogP) is 4.24. The molecule has 2 aromatic carbocycles. The lowest BCUT2D eigenvalue weighted by Crippen LogP contribution is -2.11. The van der Waals surface area contributed by atoms with Crippen molar-refractivity contribution in [2.45, 2.75) is 25.3 Å². The Kier molecular flexibility index (Phi) is 4.50. The Balaban J connectivity index is 1.12. The monoisotopic (exact) mass is 479 g/mol. The molecule has 11 heteroatoms. The van der Waals surface area contributed by atoms with Crippen LogP contribution in [-0.2, 0) is 4.74 Å². The number of amidine groups is 1. The number of aryl methyl sites for hydroxylation is 1. The van der Waals surface area contributed by atoms with Gasteiger partial charge in [0.2, 0.25) is 5.88 Å². The molecule has 3 aromatic heterocycles. The standard InChI is InChI=1S/C25H21N9O2/c1-15-8-16(3-5-20(15)36-22-10-21-33-29-14-34(21)13-28-22)30-23-18-9-17(2-4-19(18)26-12-27-23)31-24-32-25(6-7-25)11-35-24/h2-5,8-10,12-14H,6-7,11H2,1H3,(H,31,32)(H,26,27,30). The van der Waals surface area contributed by atoms with Gasteiger partial charge < -0.3 is 20.1 Å². The zero-order chi connectivity index (χ0) is 24.1. The minimum Gasteiger partial charge on any atom is -0.462 e. The lowest BCUT2D eigenvalue weighted by Gasteiger charge is -2.13. The van der Waals surface area contributed by atoms with Gasteiger partial charge in [-0.25, -0.2) is 19.9 Å². The second kappa shape index (κ2) is 7.87. The molecule has 1 fully saturated rings. The number of rotatable bonds is 5. The van der Waals surface area contributed by atoms with Gasteiger partial charge in [-0.05, 0) is 61.7 Å². The number of nitrogens with zero attached hydrogens (tertiary/aromatic N) is 7. The van der Waals surface area contributed by atoms with E-state index >= 15 is 0 Å². The molecular formula is C25H21N9O2. The molecule has 7 rings (SSSR count). The van der Waals surface area contributed by atoms with Gasteiger partial charge in [0.05, 0.1) is 5.52 Å². The van der Waals surface area contributed by atoms with Crippen molar-refractivity contribution in [2.75, 3.05) is 17.2 Å². The molecule has 0 atom stereocenters. The minimum absolute atomic E-state index is 0.0159. The fraction of sp³-hybridized carbons (Fsp3) is 0.200. The first-order chi connectivity index (χ1) is 17.6. The fourth-order valence-electron chi connectivity index (χ4n) is 4.16. The van der Waals surface area contributed by atoms with Crippen LogP contribution in [0.1, 0.15) is 18.4 Å². The number of fused-ring (bicyclic) bond motifs is 2. The maximum absolute atomic E-state index is 5.98. The Labute approximate surface area is 205 Å². The second-order valence-electron chi connectivity index (χ2n) is 9.04. The molecule has 1 aliphatic carbocycles. The van der Waals surface area contributed by atoms with E-state index in [-0.39, 0.29) is 5.54 Å². The Morgan fingerprint density at radius 3 is 2.72 bits per heavy atom. The molecule has 36 heavy (non-hydrogen) atoms. The molecule has 0 radical (unpaired) electrons. The third-order valence-electron chi connectivity index (χ3n) is 6.34. The van der Waals surface area contributed by atoms with Crippen LogP contribution < -0.4 is 15.4 Å². The van der Waals surface area contributed by atoms with Crippen LogP contribution in [0.2, 0.25) is 0 Å². The summed E-state index contributed by atoms with van der Waals surface area (Å²) >= 11 is 0. The second-order valence-corrected chi connectivity index (χ2v) is 9.04. The smallest absolute Gasteiger partial charge is 0.289 e. The van der Waals surface area contributed by atoms with Crippen molar-refractivity contribution in [3.63, 3.8) is 0 Å². The first kappa shape index (κ1) is 20.6. The average Bonchev–Trinajstić information content (AvgIpc) is 3.28. The lowest BCUT2D eigenvalue weighted by atomic mass is 10.1. The molecule has 5 aromatic rings. The molecule has 2 N–H and O–H groups in total. The van der Waals surface area contributed by atoms with Gasteiger partial charge in [-0.1, -0.05) is 0 Å². The molecule has 0 unspecified atom stereocenters. The number of aliphatic imine (C=N–C) groups is 1. The minimum atomic E-state index is 0.0159. The zero-order valence-electron chi connectivity index (χ0n) is 19.3. The summed E-state index contributed by atoms with van der Waals surface area (Å²) < 4.78 is 13.4. The number of aromatic nitrogens is 6. The molecule has 0 saturated heterocycles. The average molecular weight is 480 g/mol. The maximum atomic E-state index is 5.98. The highest BCUT2D eigenvalue weighted by Gasteiger charge is 2.48. The van der Waals surface area contributed by atoms with E-state index in [1.165, 1.54) is 0 Å². The highest BCUT2D eigenvalue weighted by atomic mass is 16.5. The summed E-state index contributed by atoms with van der Waals surface area (Å²) in [5, 5.41) is 15.5. The van der Waals surface area contributed by atoms with Crippen LogP contribution >= 0.6 is 0 Å². The topological polar surface area (TPSA) is 124 Å². The number of hydrogen-bond acceptors (Lipinski definition) is 10. The van der Waals surface area contributed by atoms with Gasteiger partial charge in [0, 0.05) is 22.8 Å². The summed E-state index contributed by atoms with van der Waals surface area (Å²) in [5.74, 6) is 1.84. The number of benzene rings is 2. The van der Waals surface area contributed by atoms with Gasteiger partial charge in [-0.3, -0.25) is 4.40 Å². The first-order valence-corrected chi connectivity index (χ1v) is 11.6. The van der Waals surface area contributed by atoms with E-state index < -0.39 is 0 Å². The Morgan fingerprint density at radius 1 is 0.972 bits per heavy atom. The number of nitrogens with one attached hydrogen (secondary N) is 2. The van der Waals surface area contributed by atoms with E-state index in [0.29, 0.717) is 35.7 Å². The van der Waals surface area contributed by atoms with Gasteiger partial charge in [-0.2, -0.15) is 0 Å². The third-order valence-corrected chi connectivity index (χ3v) is 6.34. The van der Waals surface area contributed by atoms with Crippen LogP contribution in [-0.4, -0.2) is 47.7 Å². The summed E-state index contributed by atoms with van der Waals surface area (Å²) in [4.78, 5) is 17.9. The quantitative estimate of drug-likeness (QED) is 0.381. The normalized spacial score (nSPS) is 15.6. The molecular weight excluding hydrogens is 458 g/mol. The van der Waals surface area contributed by atoms with Crippen molar-refractivity contribution >= 4 is 39.8 Å². The van der Waals surface area contributed by atoms with Gasteiger partial charge in [0.25, 0.3) is 6.02 Å². The van der Waals surface area contributed by atoms with Crippen molar-refractivity contribution in [1.82, 2.24) is 29.5 Å². The van der Waals surface area contributed by atoms with Crippen LogP contribution in [0, 0.1) is 6.92 Å². The number of hydrogen-bond donors (Lipinski definition) is 2. The summed E-state index contributed by atoms with van der Waals surface area (Å²) in [7, 11) is 0. The number of ether oxygens (including phenoxy) is 2. The Morgan fingerprint density at radius 2 is 1.86 bits per heavy atom. The molecule has 0 bridgehead atoms. The maximum Gasteiger partial charge on any atom is 0.289 e. The van der Waals surface area contributed by atoms with Crippen LogP contribution in [0.5, 0.6) is 11.6 Å². The lowest BCUT2D eigenvalue weighted by molar-refractivity contribution is 0.309. The molecule has 178 valence electrons. The van der Waals surface area contributed by atoms with Gasteiger partial charge in [0.1, 0.15) is 42.7 Å². The largest absolute Gasteiger partial charge is 0.462 e. The van der Waals surface area contributed by atoms with Crippen LogP contribution in [0.3, 0.4) is 0 Å². The van der Waals surface area contributed by atoms with Crippen LogP contribution in [0.25, 0.3) is 16.6 Å². The van der Waals surface area contributed by atoms with Crippen molar-refractivity contribution < 1.29 is 9.47 Å². The van der Waals surface area contributed by atoms with Gasteiger partial charge in [-0.15, -0.1) is 10.2 Å². The summed E-state index contributed by atoms with van der Waals surface area (Å²) in [6.07, 6.45) is 6.95. The summed E-state index contributed by atoms with van der Waals surface area (Å²) in [6, 6.07) is 14.1. The molecule has 2 aliphatic rings. The van der Waals surface area contributed by atoms with E-state index in [9.17, 15) is 0 Å². The zero-order valence-corrected chi connectivity index (χ0v) is 19.3. The van der Waals surface area contributed by atoms with E-state index in [0.717, 1.165) is 40.7 Å². The van der Waals surface area contributed by atoms with Gasteiger partial charge >= 0.3 is 0 Å². The first-order valence-electron chi connectivity index (χ1n) is 11.6. The van der Waals surface area contributed by atoms with Crippen molar-refractivity contribution in [3.8, 4) is 11.6 Å². The van der Waals surface area contributed by atoms with Crippen molar-refractivity contribution in [2.24, 2.45) is 4.99 Å². The molecule has 1 saturated carbocycles. The van der Waals surface area contributed by atoms with E-state index in [1.807, 2.05) is 43.3 Å². The predicted molar refractivity (Wildman–Crippen MR) is 134 cm³/mol. The van der Waals surface area contributed by atoms with E-state index in [2.05, 4.69) is 40.8 Å². The summed E-state index contributed by atoms with van der Waals surface area (Å²) in [6.45, 7) is 2.63. The molecule has 1 aliphatic heterocycles. The van der Waals surface area contributed by atoms with Crippen LogP contribution in [0.15, 0.2) is 66.4 Å². The SMILES string of the molecule is Cc1cc(Nc2ncnc3ccc(NC4=NC5(CC5)CO4)cc23)ccc1Oc1cc2nncn2cn1. The molecule has 1 spiro atoms. The third kappa shape index (κ3) is 3.80. The fourth-order valence-corrected chi connectivity index (χ4v) is 4.16. The Bertz CT molecular complexity index is 1660. The van der Waals surface area contributed by atoms with E-state index in [1.54, 1.807) is 29.4 Å². The number of anilines is 3. The highest BCUT2D eigenvalue weighted by molar-refractivity contribution is 5.97. The molecule has 4 heterocycles. The Hall–Kier alpha value is -4.80. The van der Waals surface area contributed by atoms with Crippen LogP contribution in [0.4, 0.5) is 17.2 Å². The van der Waals surface area contributed by atoms with E-state index in [4.69, 9.17) is 9.47 Å². The molecule has 0 amide bonds.